The summed E-state index contributed by atoms with van der Waals surface area (Å²) in [6.07, 6.45) is 1.67. The third-order valence-electron chi connectivity index (χ3n) is 6.98. The number of fused-ring (bicyclic) bond motifs is 3. The van der Waals surface area contributed by atoms with E-state index in [1.807, 2.05) is 36.4 Å². The maximum Gasteiger partial charge on any atom is 0.323 e. The molecule has 1 heterocycles. The van der Waals surface area contributed by atoms with Gasteiger partial charge in [0.15, 0.2) is 0 Å². The van der Waals surface area contributed by atoms with Crippen molar-refractivity contribution >= 4 is 22.8 Å². The van der Waals surface area contributed by atoms with Crippen LogP contribution >= 0.6 is 0 Å². The molecule has 0 saturated heterocycles. The zero-order chi connectivity index (χ0) is 24.4. The van der Waals surface area contributed by atoms with Crippen molar-refractivity contribution in [2.45, 2.75) is 31.7 Å². The molecule has 1 atom stereocenters. The summed E-state index contributed by atoms with van der Waals surface area (Å²) in [4.78, 5) is 24.7. The average Bonchev–Trinajstić information content (AvgIpc) is 3.17. The van der Waals surface area contributed by atoms with Gasteiger partial charge in [-0.3, -0.25) is 9.59 Å². The Morgan fingerprint density at radius 2 is 1.66 bits per heavy atom. The van der Waals surface area contributed by atoms with Gasteiger partial charge in [-0.15, -0.1) is 0 Å². The molecule has 178 valence electrons. The third kappa shape index (κ3) is 4.69. The van der Waals surface area contributed by atoms with Crippen LogP contribution in [0.15, 0.2) is 78.9 Å². The number of amides is 1. The summed E-state index contributed by atoms with van der Waals surface area (Å²) in [7, 11) is 0. The number of benzene rings is 3. The van der Waals surface area contributed by atoms with Gasteiger partial charge in [0.05, 0.1) is 0 Å². The highest BCUT2D eigenvalue weighted by atomic mass is 19.1. The number of aliphatic carboxylic acids is 1. The molecule has 0 aliphatic heterocycles. The summed E-state index contributed by atoms with van der Waals surface area (Å²) in [6, 6.07) is 24.7. The maximum absolute atomic E-state index is 14.1. The Balaban J connectivity index is 1.37. The number of rotatable bonds is 7. The zero-order valence-electron chi connectivity index (χ0n) is 19.3. The average molecular weight is 471 g/mol. The Hall–Kier alpha value is -3.93. The first-order valence-corrected chi connectivity index (χ1v) is 11.9. The second-order valence-corrected chi connectivity index (χ2v) is 9.13. The lowest BCUT2D eigenvalue weighted by atomic mass is 9.85. The van der Waals surface area contributed by atoms with Crippen LogP contribution in [0.3, 0.4) is 0 Å². The van der Waals surface area contributed by atoms with Crippen molar-refractivity contribution in [3.8, 4) is 0 Å². The molecule has 2 N–H and O–H groups in total. The van der Waals surface area contributed by atoms with E-state index in [4.69, 9.17) is 0 Å². The van der Waals surface area contributed by atoms with E-state index in [2.05, 4.69) is 29.6 Å². The molecule has 1 aliphatic rings. The number of carbonyl (C=O) groups is 2. The van der Waals surface area contributed by atoms with Gasteiger partial charge in [0.1, 0.15) is 12.4 Å². The van der Waals surface area contributed by atoms with Crippen molar-refractivity contribution in [2.24, 2.45) is 5.92 Å². The summed E-state index contributed by atoms with van der Waals surface area (Å²) >= 11 is 0. The van der Waals surface area contributed by atoms with Gasteiger partial charge in [0, 0.05) is 35.0 Å². The van der Waals surface area contributed by atoms with Crippen LogP contribution < -0.4 is 5.32 Å². The highest BCUT2D eigenvalue weighted by Gasteiger charge is 2.30. The number of carboxylic acids is 1. The normalized spacial score (nSPS) is 15.2. The van der Waals surface area contributed by atoms with E-state index in [9.17, 15) is 19.1 Å². The number of halogens is 1. The first-order valence-electron chi connectivity index (χ1n) is 11.9. The van der Waals surface area contributed by atoms with Gasteiger partial charge in [-0.05, 0) is 54.2 Å². The zero-order valence-corrected chi connectivity index (χ0v) is 19.3. The molecule has 4 aromatic rings. The van der Waals surface area contributed by atoms with Crippen molar-refractivity contribution in [2.75, 3.05) is 6.54 Å². The number of hydrogen-bond donors (Lipinski definition) is 2. The fourth-order valence-corrected chi connectivity index (χ4v) is 5.31. The number of aromatic nitrogens is 1. The fourth-order valence-electron chi connectivity index (χ4n) is 5.31. The first kappa shape index (κ1) is 22.8. The predicted octanol–water partition coefficient (Wildman–Crippen LogP) is 4.92. The highest BCUT2D eigenvalue weighted by Crippen LogP contribution is 2.35. The summed E-state index contributed by atoms with van der Waals surface area (Å²) < 4.78 is 15.8. The molecule has 1 unspecified atom stereocenters. The van der Waals surface area contributed by atoms with Crippen molar-refractivity contribution in [1.82, 2.24) is 9.88 Å². The van der Waals surface area contributed by atoms with Crippen LogP contribution in [0.2, 0.25) is 0 Å². The van der Waals surface area contributed by atoms with Gasteiger partial charge in [-0.25, -0.2) is 4.39 Å². The molecular formula is C29H27FN2O3. The SMILES string of the molecule is O=C(O)Cn1c2c(c3cc(F)ccc31)CC(C(=O)NCC(c1ccccc1)c1ccccc1)CC2. The quantitative estimate of drug-likeness (QED) is 0.403. The minimum absolute atomic E-state index is 0.0250. The number of nitrogens with zero attached hydrogens (tertiary/aromatic N) is 1. The van der Waals surface area contributed by atoms with Crippen molar-refractivity contribution in [3.63, 3.8) is 0 Å². The molecular weight excluding hydrogens is 443 g/mol. The topological polar surface area (TPSA) is 71.3 Å². The van der Waals surface area contributed by atoms with E-state index in [0.717, 1.165) is 22.4 Å². The minimum Gasteiger partial charge on any atom is -0.480 e. The first-order chi connectivity index (χ1) is 17.0. The standard InChI is InChI=1S/C29H27FN2O3/c30-22-12-14-27-24(16-22)23-15-21(11-13-26(23)32(27)18-28(33)34)29(35)31-17-25(19-7-3-1-4-8-19)20-9-5-2-6-10-20/h1-10,12,14,16,21,25H,11,13,15,17-18H2,(H,31,35)(H,33,34). The minimum atomic E-state index is -0.943. The van der Waals surface area contributed by atoms with Gasteiger partial charge in [0.2, 0.25) is 5.91 Å². The second kappa shape index (κ2) is 9.74. The fraction of sp³-hybridized carbons (Fsp3) is 0.241. The Morgan fingerprint density at radius 3 is 2.29 bits per heavy atom. The Morgan fingerprint density at radius 1 is 1.00 bits per heavy atom. The van der Waals surface area contributed by atoms with Gasteiger partial charge in [-0.1, -0.05) is 60.7 Å². The maximum atomic E-state index is 14.1. The number of carbonyl (C=O) groups excluding carboxylic acids is 1. The van der Waals surface area contributed by atoms with E-state index in [1.165, 1.54) is 12.1 Å². The molecule has 0 spiro atoms. The second-order valence-electron chi connectivity index (χ2n) is 9.13. The lowest BCUT2D eigenvalue weighted by Crippen LogP contribution is -2.36. The van der Waals surface area contributed by atoms with Crippen LogP contribution in [0.5, 0.6) is 0 Å². The van der Waals surface area contributed by atoms with Crippen LogP contribution in [0, 0.1) is 11.7 Å². The summed E-state index contributed by atoms with van der Waals surface area (Å²) in [5.41, 5.74) is 4.75. The molecule has 6 heteroatoms. The van der Waals surface area contributed by atoms with Crippen LogP contribution in [0.1, 0.15) is 34.7 Å². The summed E-state index contributed by atoms with van der Waals surface area (Å²) in [5.74, 6) is -1.55. The third-order valence-corrected chi connectivity index (χ3v) is 6.98. The Bertz CT molecular complexity index is 1330. The van der Waals surface area contributed by atoms with Crippen LogP contribution in [0.4, 0.5) is 4.39 Å². The predicted molar refractivity (Wildman–Crippen MR) is 133 cm³/mol. The molecule has 35 heavy (non-hydrogen) atoms. The van der Waals surface area contributed by atoms with E-state index in [1.54, 1.807) is 10.6 Å². The number of nitrogens with one attached hydrogen (secondary N) is 1. The van der Waals surface area contributed by atoms with E-state index < -0.39 is 5.97 Å². The van der Waals surface area contributed by atoms with E-state index in [-0.39, 0.29) is 30.1 Å². The molecule has 5 nitrogen and oxygen atoms in total. The monoisotopic (exact) mass is 470 g/mol. The molecule has 5 rings (SSSR count). The molecule has 0 saturated carbocycles. The van der Waals surface area contributed by atoms with Crippen molar-refractivity contribution in [1.29, 1.82) is 0 Å². The molecule has 1 aromatic heterocycles. The number of hydrogen-bond acceptors (Lipinski definition) is 2. The lowest BCUT2D eigenvalue weighted by molar-refractivity contribution is -0.137. The lowest BCUT2D eigenvalue weighted by Gasteiger charge is -2.25. The largest absolute Gasteiger partial charge is 0.480 e. The smallest absolute Gasteiger partial charge is 0.323 e. The molecule has 0 bridgehead atoms. The van der Waals surface area contributed by atoms with Gasteiger partial charge in [-0.2, -0.15) is 0 Å². The van der Waals surface area contributed by atoms with Crippen LogP contribution in [0.25, 0.3) is 10.9 Å². The highest BCUT2D eigenvalue weighted by molar-refractivity contribution is 5.89. The van der Waals surface area contributed by atoms with E-state index in [0.29, 0.717) is 36.7 Å². The summed E-state index contributed by atoms with van der Waals surface area (Å²) in [6.45, 7) is 0.301. The van der Waals surface area contributed by atoms with Crippen molar-refractivity contribution in [3.05, 3.63) is 107 Å². The molecule has 3 aromatic carbocycles. The van der Waals surface area contributed by atoms with Gasteiger partial charge in [0.25, 0.3) is 0 Å². The summed E-state index contributed by atoms with van der Waals surface area (Å²) in [5, 5.41) is 13.3. The molecule has 1 aliphatic carbocycles. The molecule has 0 radical (unpaired) electrons. The Labute approximate surface area is 203 Å². The molecule has 1 amide bonds. The van der Waals surface area contributed by atoms with Crippen LogP contribution in [-0.4, -0.2) is 28.1 Å². The van der Waals surface area contributed by atoms with Crippen molar-refractivity contribution < 1.29 is 19.1 Å². The van der Waals surface area contributed by atoms with E-state index >= 15 is 0 Å². The number of carboxylic acid groups (broad SMARTS) is 1. The van der Waals surface area contributed by atoms with Gasteiger partial charge < -0.3 is 15.0 Å². The Kier molecular flexibility index (Phi) is 6.36. The van der Waals surface area contributed by atoms with Crippen LogP contribution in [-0.2, 0) is 29.0 Å². The van der Waals surface area contributed by atoms with Gasteiger partial charge >= 0.3 is 5.97 Å². The molecule has 0 fully saturated rings.